The maximum absolute atomic E-state index is 12.8. The standard InChI is InChI=1S/C14H16F2O4/c1-2-20-13(19)6-4-9-3-5-11(14(15)16)10(7-9)8-12(17)18/h3,5,7,14H,2,4,6,8H2,1H3,(H,17,18). The van der Waals surface area contributed by atoms with E-state index in [2.05, 4.69) is 0 Å². The average molecular weight is 286 g/mol. The Morgan fingerprint density at radius 2 is 2.05 bits per heavy atom. The van der Waals surface area contributed by atoms with Gasteiger partial charge in [0.1, 0.15) is 0 Å². The molecular weight excluding hydrogens is 270 g/mol. The molecular formula is C14H16F2O4. The summed E-state index contributed by atoms with van der Waals surface area (Å²) >= 11 is 0. The van der Waals surface area contributed by atoms with Crippen LogP contribution < -0.4 is 0 Å². The first kappa shape index (κ1) is 16.1. The van der Waals surface area contributed by atoms with Gasteiger partial charge >= 0.3 is 11.9 Å². The molecule has 0 aliphatic rings. The molecule has 1 aromatic carbocycles. The molecule has 0 bridgehead atoms. The van der Waals surface area contributed by atoms with Gasteiger partial charge in [0.15, 0.2) is 0 Å². The third-order valence-electron chi connectivity index (χ3n) is 2.71. The lowest BCUT2D eigenvalue weighted by Crippen LogP contribution is -2.07. The monoisotopic (exact) mass is 286 g/mol. The van der Waals surface area contributed by atoms with Gasteiger partial charge in [0, 0.05) is 12.0 Å². The van der Waals surface area contributed by atoms with Crippen molar-refractivity contribution in [1.29, 1.82) is 0 Å². The Labute approximate surface area is 115 Å². The van der Waals surface area contributed by atoms with E-state index < -0.39 is 18.8 Å². The smallest absolute Gasteiger partial charge is 0.307 e. The first-order chi connectivity index (χ1) is 9.43. The topological polar surface area (TPSA) is 63.6 Å². The molecule has 4 nitrogen and oxygen atoms in total. The molecule has 1 N–H and O–H groups in total. The summed E-state index contributed by atoms with van der Waals surface area (Å²) in [5.74, 6) is -1.54. The van der Waals surface area contributed by atoms with Crippen molar-refractivity contribution < 1.29 is 28.2 Å². The second-order valence-corrected chi connectivity index (χ2v) is 4.21. The van der Waals surface area contributed by atoms with Gasteiger partial charge in [-0.25, -0.2) is 8.78 Å². The van der Waals surface area contributed by atoms with Crippen molar-refractivity contribution in [3.63, 3.8) is 0 Å². The van der Waals surface area contributed by atoms with E-state index in [1.54, 1.807) is 6.92 Å². The number of esters is 1. The van der Waals surface area contributed by atoms with Gasteiger partial charge < -0.3 is 9.84 Å². The number of halogens is 2. The maximum atomic E-state index is 12.8. The summed E-state index contributed by atoms with van der Waals surface area (Å²) < 4.78 is 30.3. The van der Waals surface area contributed by atoms with Crippen LogP contribution >= 0.6 is 0 Å². The summed E-state index contributed by atoms with van der Waals surface area (Å²) in [5.41, 5.74) is 0.430. The number of carboxylic acid groups (broad SMARTS) is 1. The molecule has 1 rings (SSSR count). The summed E-state index contributed by atoms with van der Waals surface area (Å²) in [6, 6.07) is 4.10. The van der Waals surface area contributed by atoms with Gasteiger partial charge in [-0.2, -0.15) is 0 Å². The Balaban J connectivity index is 2.83. The zero-order chi connectivity index (χ0) is 15.1. The van der Waals surface area contributed by atoms with Crippen LogP contribution in [0.4, 0.5) is 8.78 Å². The molecule has 20 heavy (non-hydrogen) atoms. The van der Waals surface area contributed by atoms with E-state index in [-0.39, 0.29) is 30.1 Å². The van der Waals surface area contributed by atoms with Crippen molar-refractivity contribution in [3.8, 4) is 0 Å². The Morgan fingerprint density at radius 1 is 1.35 bits per heavy atom. The van der Waals surface area contributed by atoms with E-state index in [0.29, 0.717) is 12.0 Å². The minimum atomic E-state index is -2.72. The Kier molecular flexibility index (Phi) is 6.09. The molecule has 0 saturated carbocycles. The van der Waals surface area contributed by atoms with Gasteiger partial charge in [-0.1, -0.05) is 18.2 Å². The largest absolute Gasteiger partial charge is 0.481 e. The average Bonchev–Trinajstić information content (AvgIpc) is 2.36. The molecule has 110 valence electrons. The molecule has 0 unspecified atom stereocenters. The molecule has 0 amide bonds. The second kappa shape index (κ2) is 7.57. The van der Waals surface area contributed by atoms with Gasteiger partial charge in [0.25, 0.3) is 6.43 Å². The Hall–Kier alpha value is -1.98. The quantitative estimate of drug-likeness (QED) is 0.783. The third kappa shape index (κ3) is 4.95. The zero-order valence-electron chi connectivity index (χ0n) is 11.1. The van der Waals surface area contributed by atoms with Gasteiger partial charge in [0.05, 0.1) is 13.0 Å². The molecule has 0 aliphatic heterocycles. The van der Waals surface area contributed by atoms with Crippen LogP contribution in [-0.4, -0.2) is 23.7 Å². The first-order valence-corrected chi connectivity index (χ1v) is 6.21. The predicted molar refractivity (Wildman–Crippen MR) is 67.7 cm³/mol. The Morgan fingerprint density at radius 3 is 2.60 bits per heavy atom. The van der Waals surface area contributed by atoms with E-state index in [1.165, 1.54) is 18.2 Å². The third-order valence-corrected chi connectivity index (χ3v) is 2.71. The van der Waals surface area contributed by atoms with Gasteiger partial charge in [-0.3, -0.25) is 9.59 Å². The van der Waals surface area contributed by atoms with Crippen molar-refractivity contribution in [2.45, 2.75) is 32.6 Å². The summed E-state index contributed by atoms with van der Waals surface area (Å²) in [6.45, 7) is 1.98. The lowest BCUT2D eigenvalue weighted by atomic mass is 9.99. The fourth-order valence-electron chi connectivity index (χ4n) is 1.82. The van der Waals surface area contributed by atoms with Crippen molar-refractivity contribution in [2.75, 3.05) is 6.61 Å². The maximum Gasteiger partial charge on any atom is 0.307 e. The lowest BCUT2D eigenvalue weighted by Gasteiger charge is -2.10. The normalized spacial score (nSPS) is 10.6. The number of hydrogen-bond acceptors (Lipinski definition) is 3. The van der Waals surface area contributed by atoms with Crippen molar-refractivity contribution >= 4 is 11.9 Å². The SMILES string of the molecule is CCOC(=O)CCc1ccc(C(F)F)c(CC(=O)O)c1. The summed E-state index contributed by atoms with van der Waals surface area (Å²) in [4.78, 5) is 21.9. The summed E-state index contributed by atoms with van der Waals surface area (Å²) in [6.07, 6.45) is -2.72. The number of rotatable bonds is 7. The Bertz CT molecular complexity index is 486. The molecule has 0 atom stereocenters. The molecule has 6 heteroatoms. The van der Waals surface area contributed by atoms with Crippen molar-refractivity contribution in [2.24, 2.45) is 0 Å². The number of alkyl halides is 2. The minimum Gasteiger partial charge on any atom is -0.481 e. The van der Waals surface area contributed by atoms with Gasteiger partial charge in [-0.15, -0.1) is 0 Å². The highest BCUT2D eigenvalue weighted by Gasteiger charge is 2.16. The molecule has 0 radical (unpaired) electrons. The molecule has 0 fully saturated rings. The number of benzene rings is 1. The van der Waals surface area contributed by atoms with E-state index in [4.69, 9.17) is 9.84 Å². The van der Waals surface area contributed by atoms with Crippen molar-refractivity contribution in [3.05, 3.63) is 34.9 Å². The summed E-state index contributed by atoms with van der Waals surface area (Å²) in [7, 11) is 0. The lowest BCUT2D eigenvalue weighted by molar-refractivity contribution is -0.143. The van der Waals surface area contributed by atoms with E-state index in [0.717, 1.165) is 0 Å². The number of carboxylic acids is 1. The zero-order valence-corrected chi connectivity index (χ0v) is 11.1. The van der Waals surface area contributed by atoms with Crippen LogP contribution in [0.2, 0.25) is 0 Å². The molecule has 0 aliphatic carbocycles. The fraction of sp³-hybridized carbons (Fsp3) is 0.429. The van der Waals surface area contributed by atoms with Crippen molar-refractivity contribution in [1.82, 2.24) is 0 Å². The van der Waals surface area contributed by atoms with Crippen LogP contribution in [0, 0.1) is 0 Å². The number of carbonyl (C=O) groups is 2. The number of hydrogen-bond donors (Lipinski definition) is 1. The number of aliphatic carboxylic acids is 1. The fourth-order valence-corrected chi connectivity index (χ4v) is 1.82. The van der Waals surface area contributed by atoms with Crippen LogP contribution in [0.5, 0.6) is 0 Å². The molecule has 1 aromatic rings. The van der Waals surface area contributed by atoms with Crippen LogP contribution in [0.3, 0.4) is 0 Å². The van der Waals surface area contributed by atoms with Crippen LogP contribution in [-0.2, 0) is 27.2 Å². The second-order valence-electron chi connectivity index (χ2n) is 4.21. The van der Waals surface area contributed by atoms with E-state index in [9.17, 15) is 18.4 Å². The highest BCUT2D eigenvalue weighted by atomic mass is 19.3. The highest BCUT2D eigenvalue weighted by molar-refractivity contribution is 5.71. The number of carbonyl (C=O) groups excluding carboxylic acids is 1. The highest BCUT2D eigenvalue weighted by Crippen LogP contribution is 2.25. The van der Waals surface area contributed by atoms with Crippen LogP contribution in [0.25, 0.3) is 0 Å². The van der Waals surface area contributed by atoms with Gasteiger partial charge in [-0.05, 0) is 24.5 Å². The molecule has 0 aromatic heterocycles. The predicted octanol–water partition coefficient (Wildman–Crippen LogP) is 2.75. The number of aryl methyl sites for hydroxylation is 1. The van der Waals surface area contributed by atoms with Crippen LogP contribution in [0.1, 0.15) is 36.5 Å². The first-order valence-electron chi connectivity index (χ1n) is 6.21. The van der Waals surface area contributed by atoms with Gasteiger partial charge in [0.2, 0.25) is 0 Å². The van der Waals surface area contributed by atoms with Crippen LogP contribution in [0.15, 0.2) is 18.2 Å². The molecule has 0 spiro atoms. The van der Waals surface area contributed by atoms with E-state index in [1.807, 2.05) is 0 Å². The molecule has 0 heterocycles. The summed E-state index contributed by atoms with van der Waals surface area (Å²) in [5, 5.41) is 8.73. The molecule has 0 saturated heterocycles. The minimum absolute atomic E-state index is 0.0776. The number of ether oxygens (including phenoxy) is 1. The van der Waals surface area contributed by atoms with E-state index >= 15 is 0 Å².